The number of allylic oxidation sites excluding steroid dienone is 2. The SMILES string of the molecule is CCOC(=O)[C@@H]1C(=O)C=C(N)C[C@H]1C(F)(F)F. The second kappa shape index (κ2) is 4.77. The number of rotatable bonds is 2. The molecule has 0 spiro atoms. The van der Waals surface area contributed by atoms with Crippen molar-refractivity contribution in [1.82, 2.24) is 0 Å². The van der Waals surface area contributed by atoms with E-state index < -0.39 is 36.2 Å². The number of halogens is 3. The lowest BCUT2D eigenvalue weighted by Gasteiger charge is -2.29. The molecule has 0 radical (unpaired) electrons. The van der Waals surface area contributed by atoms with Gasteiger partial charge >= 0.3 is 12.1 Å². The molecule has 7 heteroatoms. The standard InChI is InChI=1S/C10H12F3NO3/c1-2-17-9(16)8-6(10(11,12)13)3-5(14)4-7(8)15/h4,6,8H,2-3,14H2,1H3/t6-,8+/m1/s1. The van der Waals surface area contributed by atoms with Crippen LogP contribution in [0, 0.1) is 11.8 Å². The molecule has 17 heavy (non-hydrogen) atoms. The highest BCUT2D eigenvalue weighted by atomic mass is 19.4. The maximum Gasteiger partial charge on any atom is 0.393 e. The highest BCUT2D eigenvalue weighted by Gasteiger charge is 2.52. The van der Waals surface area contributed by atoms with E-state index in [-0.39, 0.29) is 12.3 Å². The van der Waals surface area contributed by atoms with Crippen LogP contribution in [0.1, 0.15) is 13.3 Å². The van der Waals surface area contributed by atoms with Crippen LogP contribution in [0.15, 0.2) is 11.8 Å². The molecule has 0 amide bonds. The summed E-state index contributed by atoms with van der Waals surface area (Å²) in [6, 6.07) is 0. The highest BCUT2D eigenvalue weighted by Crippen LogP contribution is 2.39. The van der Waals surface area contributed by atoms with Crippen molar-refractivity contribution in [2.75, 3.05) is 6.61 Å². The van der Waals surface area contributed by atoms with Crippen molar-refractivity contribution < 1.29 is 27.5 Å². The Morgan fingerprint density at radius 3 is 2.65 bits per heavy atom. The zero-order valence-corrected chi connectivity index (χ0v) is 9.08. The maximum atomic E-state index is 12.7. The number of carbonyl (C=O) groups is 2. The number of ketones is 1. The summed E-state index contributed by atoms with van der Waals surface area (Å²) in [6.07, 6.45) is -4.35. The molecule has 4 nitrogen and oxygen atoms in total. The number of hydrogen-bond acceptors (Lipinski definition) is 4. The maximum absolute atomic E-state index is 12.7. The Morgan fingerprint density at radius 1 is 1.59 bits per heavy atom. The van der Waals surface area contributed by atoms with Gasteiger partial charge in [-0.1, -0.05) is 0 Å². The first-order valence-corrected chi connectivity index (χ1v) is 5.00. The molecule has 1 rings (SSSR count). The third-order valence-electron chi connectivity index (χ3n) is 2.45. The second-order valence-corrected chi connectivity index (χ2v) is 3.70. The quantitative estimate of drug-likeness (QED) is 0.590. The van der Waals surface area contributed by atoms with Crippen LogP contribution in [-0.2, 0) is 14.3 Å². The van der Waals surface area contributed by atoms with Gasteiger partial charge in [0.05, 0.1) is 12.5 Å². The van der Waals surface area contributed by atoms with Crippen molar-refractivity contribution in [2.24, 2.45) is 17.6 Å². The third-order valence-corrected chi connectivity index (χ3v) is 2.45. The summed E-state index contributed by atoms with van der Waals surface area (Å²) in [7, 11) is 0. The molecule has 2 atom stereocenters. The van der Waals surface area contributed by atoms with Gasteiger partial charge in [0, 0.05) is 11.8 Å². The van der Waals surface area contributed by atoms with Crippen LogP contribution in [0.3, 0.4) is 0 Å². The summed E-state index contributed by atoms with van der Waals surface area (Å²) in [5.41, 5.74) is 5.07. The molecule has 0 aromatic rings. The van der Waals surface area contributed by atoms with Crippen molar-refractivity contribution in [3.63, 3.8) is 0 Å². The van der Waals surface area contributed by atoms with Crippen LogP contribution in [0.25, 0.3) is 0 Å². The van der Waals surface area contributed by atoms with Crippen LogP contribution in [0.4, 0.5) is 13.2 Å². The van der Waals surface area contributed by atoms with E-state index in [4.69, 9.17) is 5.73 Å². The molecule has 0 saturated heterocycles. The first kappa shape index (κ1) is 13.5. The molecule has 0 heterocycles. The second-order valence-electron chi connectivity index (χ2n) is 3.70. The van der Waals surface area contributed by atoms with Crippen LogP contribution >= 0.6 is 0 Å². The molecule has 0 unspecified atom stereocenters. The fourth-order valence-corrected chi connectivity index (χ4v) is 1.72. The van der Waals surface area contributed by atoms with Gasteiger partial charge in [-0.25, -0.2) is 0 Å². The largest absolute Gasteiger partial charge is 0.465 e. The summed E-state index contributed by atoms with van der Waals surface area (Å²) in [5.74, 6) is -6.03. The van der Waals surface area contributed by atoms with Crippen molar-refractivity contribution in [1.29, 1.82) is 0 Å². The Labute approximate surface area is 95.6 Å². The molecule has 0 saturated carbocycles. The number of carbonyl (C=O) groups excluding carboxylic acids is 2. The average molecular weight is 251 g/mol. The van der Waals surface area contributed by atoms with Gasteiger partial charge < -0.3 is 10.5 Å². The topological polar surface area (TPSA) is 69.4 Å². The minimum Gasteiger partial charge on any atom is -0.465 e. The monoisotopic (exact) mass is 251 g/mol. The van der Waals surface area contributed by atoms with E-state index in [0.29, 0.717) is 0 Å². The lowest BCUT2D eigenvalue weighted by Crippen LogP contribution is -2.43. The van der Waals surface area contributed by atoms with E-state index in [1.807, 2.05) is 0 Å². The molecule has 0 aliphatic heterocycles. The van der Waals surface area contributed by atoms with Gasteiger partial charge in [-0.15, -0.1) is 0 Å². The zero-order valence-electron chi connectivity index (χ0n) is 9.08. The molecule has 0 aromatic heterocycles. The van der Waals surface area contributed by atoms with E-state index in [9.17, 15) is 22.8 Å². The van der Waals surface area contributed by atoms with Crippen molar-refractivity contribution in [2.45, 2.75) is 19.5 Å². The van der Waals surface area contributed by atoms with Gasteiger partial charge in [0.2, 0.25) is 0 Å². The summed E-state index contributed by atoms with van der Waals surface area (Å²) in [5, 5.41) is 0. The third kappa shape index (κ3) is 2.98. The van der Waals surface area contributed by atoms with E-state index >= 15 is 0 Å². The van der Waals surface area contributed by atoms with E-state index in [1.54, 1.807) is 0 Å². The molecule has 0 bridgehead atoms. The van der Waals surface area contributed by atoms with Crippen molar-refractivity contribution in [3.05, 3.63) is 11.8 Å². The molecular weight excluding hydrogens is 239 g/mol. The molecule has 1 aliphatic rings. The number of alkyl halides is 3. The zero-order chi connectivity index (χ0) is 13.2. The van der Waals surface area contributed by atoms with Crippen LogP contribution in [0.2, 0.25) is 0 Å². The van der Waals surface area contributed by atoms with E-state index in [2.05, 4.69) is 4.74 Å². The minimum absolute atomic E-state index is 0.0770. The number of hydrogen-bond donors (Lipinski definition) is 1. The lowest BCUT2D eigenvalue weighted by atomic mass is 9.80. The lowest BCUT2D eigenvalue weighted by molar-refractivity contribution is -0.199. The molecule has 0 aromatic carbocycles. The van der Waals surface area contributed by atoms with Gasteiger partial charge in [-0.3, -0.25) is 9.59 Å². The Hall–Kier alpha value is -1.53. The van der Waals surface area contributed by atoms with Gasteiger partial charge in [0.1, 0.15) is 5.92 Å². The normalized spacial score (nSPS) is 25.4. The van der Waals surface area contributed by atoms with Crippen LogP contribution in [0.5, 0.6) is 0 Å². The number of esters is 1. The average Bonchev–Trinajstić information content (AvgIpc) is 2.15. The van der Waals surface area contributed by atoms with Gasteiger partial charge in [-0.05, 0) is 13.3 Å². The van der Waals surface area contributed by atoms with Gasteiger partial charge in [-0.2, -0.15) is 13.2 Å². The summed E-state index contributed by atoms with van der Waals surface area (Å²) >= 11 is 0. The molecule has 0 fully saturated rings. The highest BCUT2D eigenvalue weighted by molar-refractivity contribution is 6.06. The van der Waals surface area contributed by atoms with Crippen LogP contribution < -0.4 is 5.73 Å². The van der Waals surface area contributed by atoms with Crippen molar-refractivity contribution in [3.8, 4) is 0 Å². The summed E-state index contributed by atoms with van der Waals surface area (Å²) in [4.78, 5) is 22.8. The predicted octanol–water partition coefficient (Wildman–Crippen LogP) is 1.16. The van der Waals surface area contributed by atoms with E-state index in [1.165, 1.54) is 6.92 Å². The number of ether oxygens (including phenoxy) is 1. The molecular formula is C10H12F3NO3. The summed E-state index contributed by atoms with van der Waals surface area (Å²) < 4.78 is 42.6. The number of nitrogens with two attached hydrogens (primary N) is 1. The molecule has 1 aliphatic carbocycles. The fourth-order valence-electron chi connectivity index (χ4n) is 1.72. The predicted molar refractivity (Wildman–Crippen MR) is 51.6 cm³/mol. The summed E-state index contributed by atoms with van der Waals surface area (Å²) in [6.45, 7) is 1.38. The first-order valence-electron chi connectivity index (χ1n) is 5.00. The Kier molecular flexibility index (Phi) is 3.79. The van der Waals surface area contributed by atoms with Gasteiger partial charge in [0.15, 0.2) is 5.78 Å². The smallest absolute Gasteiger partial charge is 0.393 e. The Bertz CT molecular complexity index is 362. The Morgan fingerprint density at radius 2 is 2.18 bits per heavy atom. The first-order chi connectivity index (χ1) is 7.77. The fraction of sp³-hybridized carbons (Fsp3) is 0.600. The van der Waals surface area contributed by atoms with Gasteiger partial charge in [0.25, 0.3) is 0 Å². The van der Waals surface area contributed by atoms with E-state index in [0.717, 1.165) is 6.08 Å². The van der Waals surface area contributed by atoms with Crippen molar-refractivity contribution >= 4 is 11.8 Å². The molecule has 96 valence electrons. The molecule has 2 N–H and O–H groups in total. The minimum atomic E-state index is -4.66. The Balaban J connectivity index is 3.04. The van der Waals surface area contributed by atoms with Crippen LogP contribution in [-0.4, -0.2) is 24.5 Å².